The predicted octanol–water partition coefficient (Wildman–Crippen LogP) is 3.27. The van der Waals surface area contributed by atoms with Crippen molar-refractivity contribution in [3.8, 4) is 5.69 Å². The van der Waals surface area contributed by atoms with Crippen LogP contribution in [0.1, 0.15) is 28.8 Å². The first-order valence-electron chi connectivity index (χ1n) is 9.45. The largest absolute Gasteiger partial charge is 0.349 e. The number of rotatable bonds is 5. The van der Waals surface area contributed by atoms with E-state index in [1.165, 1.54) is 5.56 Å². The topological polar surface area (TPSA) is 50.2 Å². The third-order valence-electron chi connectivity index (χ3n) is 5.07. The van der Waals surface area contributed by atoms with Crippen molar-refractivity contribution in [1.82, 2.24) is 20.0 Å². The van der Waals surface area contributed by atoms with E-state index in [4.69, 9.17) is 0 Å². The molecule has 1 aliphatic rings. The molecule has 1 amide bonds. The van der Waals surface area contributed by atoms with E-state index in [-0.39, 0.29) is 11.9 Å². The van der Waals surface area contributed by atoms with Gasteiger partial charge >= 0.3 is 0 Å². The molecular weight excluding hydrogens is 336 g/mol. The first kappa shape index (κ1) is 17.5. The van der Waals surface area contributed by atoms with Gasteiger partial charge in [-0.25, -0.2) is 4.68 Å². The molecule has 138 valence electrons. The standard InChI is InChI=1S/C22H24N4O/c27-22(19-5-2-1-3-6-19)24-20-11-15-25(16-12-20)17-18-7-9-21(10-8-18)26-14-4-13-23-26/h1-10,13-14,20H,11-12,15-17H2,(H,24,27). The van der Waals surface area contributed by atoms with Crippen LogP contribution in [-0.2, 0) is 6.54 Å². The van der Waals surface area contributed by atoms with Crippen molar-refractivity contribution in [2.45, 2.75) is 25.4 Å². The Morgan fingerprint density at radius 3 is 2.41 bits per heavy atom. The van der Waals surface area contributed by atoms with E-state index in [2.05, 4.69) is 39.6 Å². The van der Waals surface area contributed by atoms with Gasteiger partial charge in [0.25, 0.3) is 5.91 Å². The normalized spacial score (nSPS) is 15.6. The van der Waals surface area contributed by atoms with Crippen LogP contribution in [0.25, 0.3) is 5.69 Å². The Morgan fingerprint density at radius 1 is 1.00 bits per heavy atom. The van der Waals surface area contributed by atoms with E-state index in [9.17, 15) is 4.79 Å². The highest BCUT2D eigenvalue weighted by Crippen LogP contribution is 2.16. The van der Waals surface area contributed by atoms with Crippen molar-refractivity contribution in [3.05, 3.63) is 84.2 Å². The minimum absolute atomic E-state index is 0.0308. The quantitative estimate of drug-likeness (QED) is 0.760. The first-order chi connectivity index (χ1) is 13.3. The zero-order valence-corrected chi connectivity index (χ0v) is 15.3. The molecule has 0 unspecified atom stereocenters. The molecule has 1 N–H and O–H groups in total. The Balaban J connectivity index is 1.26. The van der Waals surface area contributed by atoms with Gasteiger partial charge in [-0.15, -0.1) is 0 Å². The Hall–Kier alpha value is -2.92. The second kappa shape index (κ2) is 8.18. The molecule has 2 aromatic carbocycles. The number of nitrogens with zero attached hydrogens (tertiary/aromatic N) is 3. The lowest BCUT2D eigenvalue weighted by atomic mass is 10.0. The second-order valence-electron chi connectivity index (χ2n) is 7.01. The number of carbonyl (C=O) groups excluding carboxylic acids is 1. The molecule has 1 saturated heterocycles. The second-order valence-corrected chi connectivity index (χ2v) is 7.01. The number of benzene rings is 2. The van der Waals surface area contributed by atoms with Gasteiger partial charge in [-0.3, -0.25) is 9.69 Å². The summed E-state index contributed by atoms with van der Waals surface area (Å²) < 4.78 is 1.87. The van der Waals surface area contributed by atoms with Gasteiger partial charge in [0.2, 0.25) is 0 Å². The first-order valence-corrected chi connectivity index (χ1v) is 9.45. The molecule has 3 aromatic rings. The van der Waals surface area contributed by atoms with Gasteiger partial charge < -0.3 is 5.32 Å². The Morgan fingerprint density at radius 2 is 1.74 bits per heavy atom. The average molecular weight is 360 g/mol. The number of piperidine rings is 1. The average Bonchev–Trinajstić information content (AvgIpc) is 3.26. The highest BCUT2D eigenvalue weighted by Gasteiger charge is 2.21. The van der Waals surface area contributed by atoms with E-state index in [1.807, 2.05) is 47.3 Å². The molecule has 5 nitrogen and oxygen atoms in total. The van der Waals surface area contributed by atoms with Crippen molar-refractivity contribution in [2.24, 2.45) is 0 Å². The molecule has 0 saturated carbocycles. The van der Waals surface area contributed by atoms with E-state index < -0.39 is 0 Å². The van der Waals surface area contributed by atoms with Crippen molar-refractivity contribution in [2.75, 3.05) is 13.1 Å². The zero-order chi connectivity index (χ0) is 18.5. The predicted molar refractivity (Wildman–Crippen MR) is 106 cm³/mol. The summed E-state index contributed by atoms with van der Waals surface area (Å²) in [6, 6.07) is 20.2. The van der Waals surface area contributed by atoms with Crippen LogP contribution in [-0.4, -0.2) is 39.7 Å². The minimum atomic E-state index is 0.0308. The molecule has 1 aliphatic heterocycles. The third-order valence-corrected chi connectivity index (χ3v) is 5.07. The third kappa shape index (κ3) is 4.44. The smallest absolute Gasteiger partial charge is 0.251 e. The summed E-state index contributed by atoms with van der Waals surface area (Å²) in [7, 11) is 0. The highest BCUT2D eigenvalue weighted by atomic mass is 16.1. The molecule has 5 heteroatoms. The molecular formula is C22H24N4O. The molecule has 0 bridgehead atoms. The molecule has 0 atom stereocenters. The molecule has 0 aliphatic carbocycles. The summed E-state index contributed by atoms with van der Waals surface area (Å²) >= 11 is 0. The number of hydrogen-bond donors (Lipinski definition) is 1. The van der Waals surface area contributed by atoms with Gasteiger partial charge in [0.1, 0.15) is 0 Å². The maximum Gasteiger partial charge on any atom is 0.251 e. The van der Waals surface area contributed by atoms with E-state index in [0.717, 1.165) is 43.7 Å². The van der Waals surface area contributed by atoms with Crippen LogP contribution >= 0.6 is 0 Å². The molecule has 27 heavy (non-hydrogen) atoms. The zero-order valence-electron chi connectivity index (χ0n) is 15.3. The number of amides is 1. The van der Waals surface area contributed by atoms with Crippen LogP contribution in [0, 0.1) is 0 Å². The Bertz CT molecular complexity index is 851. The number of nitrogens with one attached hydrogen (secondary N) is 1. The number of hydrogen-bond acceptors (Lipinski definition) is 3. The fourth-order valence-electron chi connectivity index (χ4n) is 3.53. The highest BCUT2D eigenvalue weighted by molar-refractivity contribution is 5.94. The lowest BCUT2D eigenvalue weighted by molar-refractivity contribution is 0.0909. The molecule has 1 aromatic heterocycles. The molecule has 2 heterocycles. The van der Waals surface area contributed by atoms with Crippen molar-refractivity contribution >= 4 is 5.91 Å². The van der Waals surface area contributed by atoms with Gasteiger partial charge in [0.05, 0.1) is 5.69 Å². The van der Waals surface area contributed by atoms with Crippen LogP contribution in [0.2, 0.25) is 0 Å². The van der Waals surface area contributed by atoms with Crippen molar-refractivity contribution in [3.63, 3.8) is 0 Å². The van der Waals surface area contributed by atoms with Gasteiger partial charge in [-0.2, -0.15) is 5.10 Å². The van der Waals surface area contributed by atoms with Crippen LogP contribution in [0.5, 0.6) is 0 Å². The van der Waals surface area contributed by atoms with Crippen LogP contribution < -0.4 is 5.32 Å². The Labute approximate surface area is 159 Å². The molecule has 1 fully saturated rings. The lowest BCUT2D eigenvalue weighted by Crippen LogP contribution is -2.44. The van der Waals surface area contributed by atoms with Gasteiger partial charge in [0.15, 0.2) is 0 Å². The monoisotopic (exact) mass is 360 g/mol. The maximum absolute atomic E-state index is 12.3. The number of aromatic nitrogens is 2. The van der Waals surface area contributed by atoms with Crippen molar-refractivity contribution in [1.29, 1.82) is 0 Å². The van der Waals surface area contributed by atoms with Crippen molar-refractivity contribution < 1.29 is 4.79 Å². The van der Waals surface area contributed by atoms with E-state index >= 15 is 0 Å². The van der Waals surface area contributed by atoms with Gasteiger partial charge in [-0.1, -0.05) is 30.3 Å². The van der Waals surface area contributed by atoms with Crippen LogP contribution in [0.15, 0.2) is 73.1 Å². The summed E-state index contributed by atoms with van der Waals surface area (Å²) in [5.41, 5.74) is 3.11. The van der Waals surface area contributed by atoms with Crippen LogP contribution in [0.3, 0.4) is 0 Å². The maximum atomic E-state index is 12.3. The summed E-state index contributed by atoms with van der Waals surface area (Å²) in [6.45, 7) is 2.94. The molecule has 0 radical (unpaired) electrons. The fourth-order valence-corrected chi connectivity index (χ4v) is 3.53. The van der Waals surface area contributed by atoms with E-state index in [1.54, 1.807) is 6.20 Å². The van der Waals surface area contributed by atoms with E-state index in [0.29, 0.717) is 0 Å². The Kier molecular flexibility index (Phi) is 5.30. The van der Waals surface area contributed by atoms with Gasteiger partial charge in [-0.05, 0) is 48.7 Å². The minimum Gasteiger partial charge on any atom is -0.349 e. The summed E-state index contributed by atoms with van der Waals surface area (Å²) in [5.74, 6) is 0.0308. The number of carbonyl (C=O) groups is 1. The number of likely N-dealkylation sites (tertiary alicyclic amines) is 1. The molecule has 0 spiro atoms. The summed E-state index contributed by atoms with van der Waals surface area (Å²) in [6.07, 6.45) is 5.71. The molecule has 4 rings (SSSR count). The van der Waals surface area contributed by atoms with Gasteiger partial charge in [0, 0.05) is 43.6 Å². The fraction of sp³-hybridized carbons (Fsp3) is 0.273. The summed E-state index contributed by atoms with van der Waals surface area (Å²) in [5, 5.41) is 7.42. The summed E-state index contributed by atoms with van der Waals surface area (Å²) in [4.78, 5) is 14.7. The SMILES string of the molecule is O=C(NC1CCN(Cc2ccc(-n3cccn3)cc2)CC1)c1ccccc1. The lowest BCUT2D eigenvalue weighted by Gasteiger charge is -2.32. The van der Waals surface area contributed by atoms with Crippen LogP contribution in [0.4, 0.5) is 0 Å².